The molecule has 1 atom stereocenters. The summed E-state index contributed by atoms with van der Waals surface area (Å²) in [6.07, 6.45) is 4.67. The average Bonchev–Trinajstić information content (AvgIpc) is 2.83. The molecule has 0 aliphatic carbocycles. The number of rotatable bonds is 4. The molecule has 1 aliphatic heterocycles. The zero-order valence-corrected chi connectivity index (χ0v) is 14.3. The van der Waals surface area contributed by atoms with Crippen LogP contribution >= 0.6 is 11.6 Å². The van der Waals surface area contributed by atoms with Crippen LogP contribution in [0.1, 0.15) is 5.56 Å². The summed E-state index contributed by atoms with van der Waals surface area (Å²) in [5.41, 5.74) is 2.05. The molecule has 1 amide bonds. The predicted molar refractivity (Wildman–Crippen MR) is 103 cm³/mol. The number of benzene rings is 2. The van der Waals surface area contributed by atoms with Crippen molar-refractivity contribution in [2.24, 2.45) is 4.99 Å². The molecule has 1 heterocycles. The molecule has 0 aromatic heterocycles. The molecular weight excluding hydrogens is 356 g/mol. The molecule has 0 bridgehead atoms. The van der Waals surface area contributed by atoms with Gasteiger partial charge in [-0.15, -0.1) is 0 Å². The molecule has 0 spiro atoms. The standard InChI is InChI=1S/C18H16ClN4O3/c19-15-4-2-1-3-12(15)5-8-18(24)22-13-10-20-16-7-6-14(23(25)26)9-17(16)21-11-13/h1-10,13,21,25H,11H2,(H,22,24)/q-1/b8-5+. The quantitative estimate of drug-likeness (QED) is 0.565. The maximum Gasteiger partial charge on any atom is 0.244 e. The minimum Gasteiger partial charge on any atom is -0.733 e. The minimum atomic E-state index is -0.341. The zero-order valence-electron chi connectivity index (χ0n) is 13.6. The molecule has 1 aliphatic rings. The predicted octanol–water partition coefficient (Wildman–Crippen LogP) is 3.36. The molecule has 7 nitrogen and oxygen atoms in total. The summed E-state index contributed by atoms with van der Waals surface area (Å²) in [5, 5.41) is 26.2. The monoisotopic (exact) mass is 371 g/mol. The van der Waals surface area contributed by atoms with Crippen LogP contribution < -0.4 is 15.9 Å². The Bertz CT molecular complexity index is 867. The molecule has 0 fully saturated rings. The Morgan fingerprint density at radius 3 is 2.96 bits per heavy atom. The molecule has 3 rings (SSSR count). The molecule has 2 aromatic carbocycles. The molecule has 3 N–H and O–H groups in total. The first-order chi connectivity index (χ1) is 12.5. The fourth-order valence-electron chi connectivity index (χ4n) is 2.43. The SMILES string of the molecule is O=C(/C=C/c1ccccc1Cl)NC1C=Nc2ccc(N([O-])O)cc2NC1. The Balaban J connectivity index is 1.63. The number of fused-ring (bicyclic) bond motifs is 1. The van der Waals surface area contributed by atoms with Crippen molar-refractivity contribution < 1.29 is 10.0 Å². The van der Waals surface area contributed by atoms with E-state index in [1.165, 1.54) is 18.2 Å². The molecule has 0 radical (unpaired) electrons. The fraction of sp³-hybridized carbons (Fsp3) is 0.111. The van der Waals surface area contributed by atoms with Gasteiger partial charge in [0.05, 0.1) is 23.1 Å². The van der Waals surface area contributed by atoms with Crippen molar-refractivity contribution in [3.05, 3.63) is 64.3 Å². The number of aliphatic imine (C=N–C) groups is 1. The van der Waals surface area contributed by atoms with Gasteiger partial charge in [0.1, 0.15) is 0 Å². The lowest BCUT2D eigenvalue weighted by Crippen LogP contribution is -2.39. The lowest BCUT2D eigenvalue weighted by molar-refractivity contribution is -0.116. The number of halogens is 1. The molecule has 0 saturated carbocycles. The summed E-state index contributed by atoms with van der Waals surface area (Å²) in [6, 6.07) is 11.4. The number of nitrogens with one attached hydrogen (secondary N) is 2. The van der Waals surface area contributed by atoms with Crippen molar-refractivity contribution >= 4 is 46.9 Å². The van der Waals surface area contributed by atoms with Crippen LogP contribution in [-0.2, 0) is 4.79 Å². The van der Waals surface area contributed by atoms with E-state index in [1.807, 2.05) is 18.2 Å². The number of amides is 1. The van der Waals surface area contributed by atoms with Crippen LogP contribution in [0.15, 0.2) is 53.5 Å². The van der Waals surface area contributed by atoms with Gasteiger partial charge in [-0.25, -0.2) is 0 Å². The first-order valence-electron chi connectivity index (χ1n) is 7.84. The van der Waals surface area contributed by atoms with Gasteiger partial charge in [0.15, 0.2) is 0 Å². The number of nitrogens with zero attached hydrogens (tertiary/aromatic N) is 2. The molecule has 0 saturated heterocycles. The van der Waals surface area contributed by atoms with E-state index >= 15 is 0 Å². The van der Waals surface area contributed by atoms with Gasteiger partial charge in [-0.2, -0.15) is 0 Å². The van der Waals surface area contributed by atoms with E-state index in [2.05, 4.69) is 15.6 Å². The van der Waals surface area contributed by atoms with Crippen molar-refractivity contribution in [3.63, 3.8) is 0 Å². The van der Waals surface area contributed by atoms with Gasteiger partial charge in [0.25, 0.3) is 0 Å². The smallest absolute Gasteiger partial charge is 0.244 e. The summed E-state index contributed by atoms with van der Waals surface area (Å²) in [5.74, 6) is -0.282. The highest BCUT2D eigenvalue weighted by Gasteiger charge is 2.14. The molecular formula is C18H16ClN4O3-. The van der Waals surface area contributed by atoms with Crippen LogP contribution in [0.5, 0.6) is 0 Å². The summed E-state index contributed by atoms with van der Waals surface area (Å²) in [6.45, 7) is 0.385. The Morgan fingerprint density at radius 1 is 1.38 bits per heavy atom. The van der Waals surface area contributed by atoms with E-state index in [1.54, 1.807) is 24.4 Å². The summed E-state index contributed by atoms with van der Waals surface area (Å²) < 4.78 is 0. The fourth-order valence-corrected chi connectivity index (χ4v) is 2.63. The van der Waals surface area contributed by atoms with Gasteiger partial charge in [-0.1, -0.05) is 29.8 Å². The van der Waals surface area contributed by atoms with Crippen molar-refractivity contribution in [2.75, 3.05) is 17.1 Å². The maximum atomic E-state index is 12.1. The van der Waals surface area contributed by atoms with Crippen LogP contribution in [0.3, 0.4) is 0 Å². The highest BCUT2D eigenvalue weighted by atomic mass is 35.5. The second-order valence-electron chi connectivity index (χ2n) is 5.60. The summed E-state index contributed by atoms with van der Waals surface area (Å²) in [7, 11) is 0. The second-order valence-corrected chi connectivity index (χ2v) is 6.01. The van der Waals surface area contributed by atoms with Crippen LogP contribution in [0, 0.1) is 5.21 Å². The minimum absolute atomic E-state index is 0.0941. The van der Waals surface area contributed by atoms with Gasteiger partial charge in [-0.3, -0.25) is 15.0 Å². The normalized spacial score (nSPS) is 15.9. The van der Waals surface area contributed by atoms with Gasteiger partial charge >= 0.3 is 0 Å². The first kappa shape index (κ1) is 17.9. The average molecular weight is 372 g/mol. The van der Waals surface area contributed by atoms with E-state index in [0.29, 0.717) is 22.9 Å². The Hall–Kier alpha value is -2.87. The van der Waals surface area contributed by atoms with E-state index in [-0.39, 0.29) is 22.9 Å². The second kappa shape index (κ2) is 8.01. The van der Waals surface area contributed by atoms with Crippen LogP contribution in [-0.4, -0.2) is 29.9 Å². The van der Waals surface area contributed by atoms with Crippen molar-refractivity contribution in [1.82, 2.24) is 5.32 Å². The molecule has 2 aromatic rings. The van der Waals surface area contributed by atoms with Gasteiger partial charge in [-0.05, 0) is 35.9 Å². The third-order valence-corrected chi connectivity index (χ3v) is 4.10. The van der Waals surface area contributed by atoms with Gasteiger partial charge in [0, 0.05) is 23.9 Å². The van der Waals surface area contributed by atoms with E-state index < -0.39 is 0 Å². The van der Waals surface area contributed by atoms with Gasteiger partial charge in [0.2, 0.25) is 5.91 Å². The summed E-state index contributed by atoms with van der Waals surface area (Å²) >= 11 is 6.05. The first-order valence-corrected chi connectivity index (χ1v) is 8.22. The molecule has 8 heteroatoms. The van der Waals surface area contributed by atoms with Crippen LogP contribution in [0.4, 0.5) is 17.1 Å². The Morgan fingerprint density at radius 2 is 2.19 bits per heavy atom. The Labute approximate surface area is 155 Å². The maximum absolute atomic E-state index is 12.1. The van der Waals surface area contributed by atoms with E-state index in [0.717, 1.165) is 5.56 Å². The zero-order chi connectivity index (χ0) is 18.5. The van der Waals surface area contributed by atoms with Crippen molar-refractivity contribution in [2.45, 2.75) is 6.04 Å². The highest BCUT2D eigenvalue weighted by Crippen LogP contribution is 2.30. The number of anilines is 2. The molecule has 1 unspecified atom stereocenters. The van der Waals surface area contributed by atoms with E-state index in [4.69, 9.17) is 16.8 Å². The lowest BCUT2D eigenvalue weighted by Gasteiger charge is -2.22. The number of hydrogen-bond donors (Lipinski definition) is 3. The van der Waals surface area contributed by atoms with Crippen molar-refractivity contribution in [3.8, 4) is 0 Å². The van der Waals surface area contributed by atoms with E-state index in [9.17, 15) is 10.0 Å². The Kier molecular flexibility index (Phi) is 5.52. The third-order valence-electron chi connectivity index (χ3n) is 3.75. The van der Waals surface area contributed by atoms with Crippen molar-refractivity contribution in [1.29, 1.82) is 0 Å². The number of carbonyl (C=O) groups is 1. The molecule has 134 valence electrons. The summed E-state index contributed by atoms with van der Waals surface area (Å²) in [4.78, 5) is 16.4. The lowest BCUT2D eigenvalue weighted by atomic mass is 10.2. The van der Waals surface area contributed by atoms with Gasteiger partial charge < -0.3 is 21.1 Å². The highest BCUT2D eigenvalue weighted by molar-refractivity contribution is 6.32. The molecule has 26 heavy (non-hydrogen) atoms. The third kappa shape index (κ3) is 4.40. The largest absolute Gasteiger partial charge is 0.733 e. The topological polar surface area (TPSA) is 100 Å². The number of hydrogen-bond acceptors (Lipinski definition) is 6. The number of carbonyl (C=O) groups excluding carboxylic acids is 1. The van der Waals surface area contributed by atoms with Crippen LogP contribution in [0.25, 0.3) is 6.08 Å². The van der Waals surface area contributed by atoms with Crippen LogP contribution in [0.2, 0.25) is 5.02 Å².